The lowest BCUT2D eigenvalue weighted by atomic mass is 10.1. The molecule has 4 rings (SSSR count). The lowest BCUT2D eigenvalue weighted by Crippen LogP contribution is -2.19. The zero-order valence-electron chi connectivity index (χ0n) is 16.2. The maximum atomic E-state index is 14.6. The number of benzene rings is 3. The highest BCUT2D eigenvalue weighted by atomic mass is 35.5. The first-order valence-electron chi connectivity index (χ1n) is 9.72. The highest BCUT2D eigenvalue weighted by molar-refractivity contribution is 6.32. The van der Waals surface area contributed by atoms with Gasteiger partial charge in [-0.05, 0) is 79.4 Å². The zero-order valence-corrected chi connectivity index (χ0v) is 17.0. The number of halogens is 2. The Labute approximate surface area is 175 Å². The summed E-state index contributed by atoms with van der Waals surface area (Å²) in [5, 5.41) is 0.560. The van der Waals surface area contributed by atoms with Gasteiger partial charge in [0.15, 0.2) is 0 Å². The molecule has 29 heavy (non-hydrogen) atoms. The van der Waals surface area contributed by atoms with Gasteiger partial charge in [0, 0.05) is 19.3 Å². The maximum Gasteiger partial charge on any atom is 0.147 e. The summed E-state index contributed by atoms with van der Waals surface area (Å²) in [5.74, 6) is 1.09. The van der Waals surface area contributed by atoms with E-state index in [9.17, 15) is 4.39 Å². The van der Waals surface area contributed by atoms with E-state index in [4.69, 9.17) is 16.3 Å². The highest BCUT2D eigenvalue weighted by Gasteiger charge is 2.17. The molecule has 148 valence electrons. The number of hydrogen-bond donors (Lipinski definition) is 0. The van der Waals surface area contributed by atoms with Crippen molar-refractivity contribution in [2.24, 2.45) is 4.99 Å². The van der Waals surface area contributed by atoms with E-state index in [1.54, 1.807) is 18.3 Å². The molecule has 0 unspecified atom stereocenters. The van der Waals surface area contributed by atoms with E-state index in [1.165, 1.54) is 0 Å². The molecule has 0 amide bonds. The Balaban J connectivity index is 1.47. The summed E-state index contributed by atoms with van der Waals surface area (Å²) in [4.78, 5) is 6.60. The molecule has 5 heteroatoms. The molecule has 0 bridgehead atoms. The number of ether oxygens (including phenoxy) is 1. The molecule has 3 aromatic rings. The van der Waals surface area contributed by atoms with Crippen molar-refractivity contribution in [1.82, 2.24) is 0 Å². The monoisotopic (exact) mass is 408 g/mol. The van der Waals surface area contributed by atoms with Crippen LogP contribution in [0.1, 0.15) is 24.0 Å². The van der Waals surface area contributed by atoms with Crippen LogP contribution in [0.3, 0.4) is 0 Å². The number of aryl methyl sites for hydroxylation is 1. The lowest BCUT2D eigenvalue weighted by molar-refractivity contribution is 0.483. The molecule has 1 saturated heterocycles. The predicted octanol–water partition coefficient (Wildman–Crippen LogP) is 6.93. The number of aliphatic imine (C=N–C) groups is 1. The van der Waals surface area contributed by atoms with E-state index in [0.717, 1.165) is 42.7 Å². The van der Waals surface area contributed by atoms with Gasteiger partial charge in [-0.1, -0.05) is 23.7 Å². The Morgan fingerprint density at radius 3 is 2.48 bits per heavy atom. The van der Waals surface area contributed by atoms with E-state index in [-0.39, 0.29) is 5.82 Å². The molecule has 0 radical (unpaired) electrons. The topological polar surface area (TPSA) is 24.8 Å². The van der Waals surface area contributed by atoms with Crippen LogP contribution >= 0.6 is 11.6 Å². The van der Waals surface area contributed by atoms with Crippen LogP contribution in [0.15, 0.2) is 65.7 Å². The van der Waals surface area contributed by atoms with Crippen LogP contribution in [-0.2, 0) is 0 Å². The first-order chi connectivity index (χ1) is 14.1. The molecule has 1 aliphatic heterocycles. The van der Waals surface area contributed by atoms with Crippen molar-refractivity contribution in [2.75, 3.05) is 18.0 Å². The van der Waals surface area contributed by atoms with Gasteiger partial charge in [0.05, 0.1) is 16.4 Å². The highest BCUT2D eigenvalue weighted by Crippen LogP contribution is 2.30. The Hall–Kier alpha value is -2.85. The van der Waals surface area contributed by atoms with Crippen molar-refractivity contribution < 1.29 is 9.13 Å². The third-order valence-electron chi connectivity index (χ3n) is 5.04. The molecule has 0 spiro atoms. The molecule has 0 aliphatic carbocycles. The fourth-order valence-electron chi connectivity index (χ4n) is 3.42. The van der Waals surface area contributed by atoms with Gasteiger partial charge in [-0.2, -0.15) is 0 Å². The third-order valence-corrected chi connectivity index (χ3v) is 5.35. The van der Waals surface area contributed by atoms with Crippen molar-refractivity contribution in [3.05, 3.63) is 82.6 Å². The molecule has 1 heterocycles. The van der Waals surface area contributed by atoms with Crippen LogP contribution in [0.25, 0.3) is 0 Å². The van der Waals surface area contributed by atoms with Crippen LogP contribution in [0.4, 0.5) is 15.8 Å². The van der Waals surface area contributed by atoms with Crippen LogP contribution in [0, 0.1) is 12.7 Å². The van der Waals surface area contributed by atoms with Gasteiger partial charge in [0.25, 0.3) is 0 Å². The van der Waals surface area contributed by atoms with Gasteiger partial charge in [-0.3, -0.25) is 4.99 Å². The second-order valence-corrected chi connectivity index (χ2v) is 7.55. The third kappa shape index (κ3) is 4.60. The van der Waals surface area contributed by atoms with Crippen molar-refractivity contribution in [2.45, 2.75) is 19.8 Å². The van der Waals surface area contributed by atoms with Crippen molar-refractivity contribution >= 4 is 29.2 Å². The summed E-state index contributed by atoms with van der Waals surface area (Å²) in [6, 6.07) is 18.2. The Kier molecular flexibility index (Phi) is 5.81. The van der Waals surface area contributed by atoms with Crippen LogP contribution in [-0.4, -0.2) is 19.3 Å². The lowest BCUT2D eigenvalue weighted by Gasteiger charge is -2.19. The molecule has 1 aliphatic rings. The van der Waals surface area contributed by atoms with Gasteiger partial charge >= 0.3 is 0 Å². The fraction of sp³-hybridized carbons (Fsp3) is 0.208. The average molecular weight is 409 g/mol. The molecule has 0 aromatic heterocycles. The van der Waals surface area contributed by atoms with Crippen molar-refractivity contribution in [3.63, 3.8) is 0 Å². The summed E-state index contributed by atoms with van der Waals surface area (Å²) in [6.45, 7) is 3.83. The number of nitrogens with zero attached hydrogens (tertiary/aromatic N) is 2. The average Bonchev–Trinajstić information content (AvgIpc) is 3.26. The second kappa shape index (κ2) is 8.66. The van der Waals surface area contributed by atoms with Crippen LogP contribution in [0.2, 0.25) is 5.02 Å². The minimum absolute atomic E-state index is 0.192. The summed E-state index contributed by atoms with van der Waals surface area (Å²) in [6.07, 6.45) is 3.95. The summed E-state index contributed by atoms with van der Waals surface area (Å²) in [7, 11) is 0. The molecule has 3 nitrogen and oxygen atoms in total. The standard InChI is InChI=1S/C24H22ClFN2O/c1-17-14-23(28-12-4-5-13-28)22(26)15-18(17)16-27-19-8-10-20(11-9-19)29-24-7-3-2-6-21(24)25/h2-3,6-11,14-16H,4-5,12-13H2,1H3. The fourth-order valence-corrected chi connectivity index (χ4v) is 3.59. The van der Waals surface area contributed by atoms with Gasteiger partial charge in [0.2, 0.25) is 0 Å². The largest absolute Gasteiger partial charge is 0.456 e. The van der Waals surface area contributed by atoms with E-state index in [0.29, 0.717) is 22.2 Å². The van der Waals surface area contributed by atoms with E-state index < -0.39 is 0 Å². The minimum Gasteiger partial charge on any atom is -0.456 e. The van der Waals surface area contributed by atoms with E-state index in [1.807, 2.05) is 55.5 Å². The van der Waals surface area contributed by atoms with Crippen LogP contribution in [0.5, 0.6) is 11.5 Å². The molecule has 1 fully saturated rings. The van der Waals surface area contributed by atoms with E-state index in [2.05, 4.69) is 9.89 Å². The Morgan fingerprint density at radius 1 is 1.03 bits per heavy atom. The molecule has 0 atom stereocenters. The first kappa shape index (κ1) is 19.5. The number of para-hydroxylation sites is 1. The number of anilines is 1. The Morgan fingerprint density at radius 2 is 1.76 bits per heavy atom. The minimum atomic E-state index is -0.192. The maximum absolute atomic E-state index is 14.6. The summed E-state index contributed by atoms with van der Waals surface area (Å²) >= 11 is 6.12. The molecule has 3 aromatic carbocycles. The van der Waals surface area contributed by atoms with Crippen molar-refractivity contribution in [3.8, 4) is 11.5 Å². The first-order valence-corrected chi connectivity index (χ1v) is 10.1. The Bertz CT molecular complexity index is 1030. The van der Waals surface area contributed by atoms with Gasteiger partial charge in [0.1, 0.15) is 17.3 Å². The van der Waals surface area contributed by atoms with Gasteiger partial charge in [-0.15, -0.1) is 0 Å². The van der Waals surface area contributed by atoms with Crippen LogP contribution < -0.4 is 9.64 Å². The van der Waals surface area contributed by atoms with Gasteiger partial charge in [-0.25, -0.2) is 4.39 Å². The molecular weight excluding hydrogens is 387 g/mol. The molecule has 0 N–H and O–H groups in total. The number of hydrogen-bond acceptors (Lipinski definition) is 3. The van der Waals surface area contributed by atoms with E-state index >= 15 is 0 Å². The second-order valence-electron chi connectivity index (χ2n) is 7.14. The summed E-state index contributed by atoms with van der Waals surface area (Å²) < 4.78 is 20.4. The molecular formula is C24H22ClFN2O. The van der Waals surface area contributed by atoms with Crippen molar-refractivity contribution in [1.29, 1.82) is 0 Å². The molecule has 0 saturated carbocycles. The summed E-state index contributed by atoms with van der Waals surface area (Å²) in [5.41, 5.74) is 3.25. The SMILES string of the molecule is Cc1cc(N2CCCC2)c(F)cc1C=Nc1ccc(Oc2ccccc2Cl)cc1. The normalized spacial score (nSPS) is 14.0. The quantitative estimate of drug-likeness (QED) is 0.427. The zero-order chi connectivity index (χ0) is 20.2. The predicted molar refractivity (Wildman–Crippen MR) is 118 cm³/mol. The smallest absolute Gasteiger partial charge is 0.147 e. The van der Waals surface area contributed by atoms with Gasteiger partial charge < -0.3 is 9.64 Å². The number of rotatable bonds is 5.